The first kappa shape index (κ1) is 31.1. The van der Waals surface area contributed by atoms with E-state index < -0.39 is 5.54 Å². The van der Waals surface area contributed by atoms with E-state index in [1.165, 1.54) is 22.3 Å². The van der Waals surface area contributed by atoms with Crippen LogP contribution >= 0.6 is 0 Å². The third kappa shape index (κ3) is 8.86. The van der Waals surface area contributed by atoms with E-state index in [1.54, 1.807) is 14.0 Å². The number of carbonyl (C=O) groups is 1. The van der Waals surface area contributed by atoms with Crippen LogP contribution in [0.1, 0.15) is 79.9 Å². The lowest BCUT2D eigenvalue weighted by Gasteiger charge is -2.30. The zero-order valence-electron chi connectivity index (χ0n) is 22.0. The fraction of sp³-hybridized carbons (Fsp3) is 0.536. The van der Waals surface area contributed by atoms with Crippen LogP contribution in [-0.4, -0.2) is 25.5 Å². The predicted octanol–water partition coefficient (Wildman–Crippen LogP) is 7.50. The Morgan fingerprint density at radius 1 is 0.935 bits per heavy atom. The summed E-state index contributed by atoms with van der Waals surface area (Å²) >= 11 is 0. The quantitative estimate of drug-likeness (QED) is 0.472. The minimum atomic E-state index is -0.476. The summed E-state index contributed by atoms with van der Waals surface area (Å²) in [7, 11) is 3.56. The molecule has 3 nitrogen and oxygen atoms in total. The zero-order chi connectivity index (χ0) is 24.4. The van der Waals surface area contributed by atoms with Crippen LogP contribution in [0.15, 0.2) is 42.5 Å². The number of Topliss-reactive ketones (excluding diaryl/α,β-unsaturated/α-hetero) is 1. The third-order valence-electron chi connectivity index (χ3n) is 5.22. The Bertz CT molecular complexity index is 716. The molecule has 176 valence electrons. The Morgan fingerprint density at radius 3 is 1.87 bits per heavy atom. The van der Waals surface area contributed by atoms with Gasteiger partial charge in [0.2, 0.25) is 0 Å². The fourth-order valence-corrected chi connectivity index (χ4v) is 3.36. The molecule has 2 aromatic rings. The van der Waals surface area contributed by atoms with Gasteiger partial charge in [-0.3, -0.25) is 4.79 Å². The molecule has 0 spiro atoms. The van der Waals surface area contributed by atoms with Crippen LogP contribution in [0, 0.1) is 0 Å². The molecule has 0 saturated heterocycles. The number of benzene rings is 2. The lowest BCUT2D eigenvalue weighted by atomic mass is 9.84. The molecular formula is C28H47NO2. The first-order valence-electron chi connectivity index (χ1n) is 12.0. The Labute approximate surface area is 192 Å². The van der Waals surface area contributed by atoms with Crippen molar-refractivity contribution in [2.45, 2.75) is 87.1 Å². The van der Waals surface area contributed by atoms with Gasteiger partial charge in [0.1, 0.15) is 11.5 Å². The maximum Gasteiger partial charge on any atom is 0.150 e. The van der Waals surface area contributed by atoms with E-state index in [-0.39, 0.29) is 5.78 Å². The summed E-state index contributed by atoms with van der Waals surface area (Å²) in [4.78, 5) is 12.1. The van der Waals surface area contributed by atoms with Gasteiger partial charge in [0.25, 0.3) is 0 Å². The van der Waals surface area contributed by atoms with Crippen molar-refractivity contribution in [3.63, 3.8) is 0 Å². The number of hydrogen-bond acceptors (Lipinski definition) is 3. The summed E-state index contributed by atoms with van der Waals surface area (Å²) in [6, 6.07) is 14.8. The molecular weight excluding hydrogens is 382 g/mol. The monoisotopic (exact) mass is 429 g/mol. The molecule has 31 heavy (non-hydrogen) atoms. The third-order valence-corrected chi connectivity index (χ3v) is 5.22. The first-order chi connectivity index (χ1) is 15.0. The van der Waals surface area contributed by atoms with Crippen molar-refractivity contribution in [3.05, 3.63) is 53.6 Å². The van der Waals surface area contributed by atoms with Crippen LogP contribution in [0.4, 0.5) is 0 Å². The van der Waals surface area contributed by atoms with Crippen molar-refractivity contribution in [3.8, 4) is 16.9 Å². The molecule has 0 heterocycles. The molecule has 1 N–H and O–H groups in total. The highest BCUT2D eigenvalue weighted by atomic mass is 16.5. The molecule has 2 aromatic carbocycles. The SMILES string of the molecule is CC.CC.CC.CCc1cc(OC)ccc1-c1ccc(CC(CC)(NC)C(C)=O)cc1. The number of carbonyl (C=O) groups excluding carboxylic acids is 1. The van der Waals surface area contributed by atoms with Crippen molar-refractivity contribution in [2.24, 2.45) is 0 Å². The van der Waals surface area contributed by atoms with Gasteiger partial charge in [0, 0.05) is 0 Å². The summed E-state index contributed by atoms with van der Waals surface area (Å²) in [5.74, 6) is 1.07. The van der Waals surface area contributed by atoms with Crippen molar-refractivity contribution < 1.29 is 9.53 Å². The maximum atomic E-state index is 12.1. The van der Waals surface area contributed by atoms with Crippen LogP contribution in [0.3, 0.4) is 0 Å². The van der Waals surface area contributed by atoms with Gasteiger partial charge in [-0.15, -0.1) is 0 Å². The number of ether oxygens (including phenoxy) is 1. The lowest BCUT2D eigenvalue weighted by molar-refractivity contribution is -0.123. The summed E-state index contributed by atoms with van der Waals surface area (Å²) in [6.07, 6.45) is 2.44. The molecule has 0 aliphatic heterocycles. The Hall–Kier alpha value is -2.13. The number of hydrogen-bond donors (Lipinski definition) is 1. The number of nitrogens with one attached hydrogen (secondary N) is 1. The Kier molecular flexibility index (Phi) is 17.6. The predicted molar refractivity (Wildman–Crippen MR) is 138 cm³/mol. The summed E-state index contributed by atoms with van der Waals surface area (Å²) in [5.41, 5.74) is 4.39. The van der Waals surface area contributed by atoms with Gasteiger partial charge >= 0.3 is 0 Å². The van der Waals surface area contributed by atoms with Crippen LogP contribution < -0.4 is 10.1 Å². The number of methoxy groups -OCH3 is 1. The number of rotatable bonds is 8. The molecule has 0 aromatic heterocycles. The summed E-state index contributed by atoms with van der Waals surface area (Å²) in [6.45, 7) is 17.9. The van der Waals surface area contributed by atoms with Gasteiger partial charge in [-0.2, -0.15) is 0 Å². The Morgan fingerprint density at radius 2 is 1.48 bits per heavy atom. The van der Waals surface area contributed by atoms with Gasteiger partial charge in [-0.05, 0) is 67.6 Å². The number of aryl methyl sites for hydroxylation is 1. The van der Waals surface area contributed by atoms with Crippen molar-refractivity contribution >= 4 is 5.78 Å². The second-order valence-corrected chi connectivity index (χ2v) is 6.49. The van der Waals surface area contributed by atoms with Gasteiger partial charge in [-0.1, -0.05) is 85.7 Å². The average Bonchev–Trinajstić information content (AvgIpc) is 2.86. The molecule has 0 aliphatic rings. The first-order valence-corrected chi connectivity index (χ1v) is 12.0. The topological polar surface area (TPSA) is 38.3 Å². The fourth-order valence-electron chi connectivity index (χ4n) is 3.36. The standard InChI is InChI=1S/C22H29NO2.3C2H6/c1-6-18-14-20(25-5)12-13-21(18)19-10-8-17(9-11-19)15-22(7-2,23-4)16(3)24;3*1-2/h8-14,23H,6-7,15H2,1-5H3;3*1-2H3. The van der Waals surface area contributed by atoms with Crippen LogP contribution in [0.5, 0.6) is 5.75 Å². The number of ketones is 1. The molecule has 0 saturated carbocycles. The van der Waals surface area contributed by atoms with E-state index in [4.69, 9.17) is 4.74 Å². The molecule has 2 rings (SSSR count). The minimum absolute atomic E-state index is 0.185. The van der Waals surface area contributed by atoms with Crippen LogP contribution in [0.25, 0.3) is 11.1 Å². The highest BCUT2D eigenvalue weighted by Crippen LogP contribution is 2.29. The van der Waals surface area contributed by atoms with E-state index in [2.05, 4.69) is 55.6 Å². The smallest absolute Gasteiger partial charge is 0.150 e. The molecule has 0 aliphatic carbocycles. The molecule has 3 heteroatoms. The van der Waals surface area contributed by atoms with Crippen LogP contribution in [0.2, 0.25) is 0 Å². The second kappa shape index (κ2) is 17.5. The van der Waals surface area contributed by atoms with E-state index in [9.17, 15) is 4.79 Å². The summed E-state index contributed by atoms with van der Waals surface area (Å²) in [5, 5.41) is 3.23. The second-order valence-electron chi connectivity index (χ2n) is 6.49. The summed E-state index contributed by atoms with van der Waals surface area (Å²) < 4.78 is 5.33. The minimum Gasteiger partial charge on any atom is -0.497 e. The zero-order valence-corrected chi connectivity index (χ0v) is 22.0. The normalized spacial score (nSPS) is 11.3. The van der Waals surface area contributed by atoms with Crippen molar-refractivity contribution in [1.29, 1.82) is 0 Å². The lowest BCUT2D eigenvalue weighted by Crippen LogP contribution is -2.50. The molecule has 1 unspecified atom stereocenters. The van der Waals surface area contributed by atoms with Gasteiger partial charge in [-0.25, -0.2) is 0 Å². The maximum absolute atomic E-state index is 12.1. The highest BCUT2D eigenvalue weighted by molar-refractivity contribution is 5.86. The average molecular weight is 430 g/mol. The largest absolute Gasteiger partial charge is 0.497 e. The van der Waals surface area contributed by atoms with Crippen molar-refractivity contribution in [2.75, 3.05) is 14.2 Å². The van der Waals surface area contributed by atoms with Crippen LogP contribution in [-0.2, 0) is 17.6 Å². The molecule has 1 atom stereocenters. The van der Waals surface area contributed by atoms with E-state index in [0.717, 1.165) is 18.6 Å². The Balaban J connectivity index is 0. The van der Waals surface area contributed by atoms with E-state index >= 15 is 0 Å². The molecule has 0 fully saturated rings. The van der Waals surface area contributed by atoms with Crippen molar-refractivity contribution in [1.82, 2.24) is 5.32 Å². The highest BCUT2D eigenvalue weighted by Gasteiger charge is 2.31. The van der Waals surface area contributed by atoms with Gasteiger partial charge in [0.05, 0.1) is 12.6 Å². The van der Waals surface area contributed by atoms with Gasteiger partial charge in [0.15, 0.2) is 0 Å². The van der Waals surface area contributed by atoms with E-state index in [0.29, 0.717) is 6.42 Å². The number of likely N-dealkylation sites (N-methyl/N-ethyl adjacent to an activating group) is 1. The molecule has 0 radical (unpaired) electrons. The van der Waals surface area contributed by atoms with E-state index in [1.807, 2.05) is 54.7 Å². The molecule has 0 amide bonds. The molecule has 0 bridgehead atoms. The van der Waals surface area contributed by atoms with Gasteiger partial charge < -0.3 is 10.1 Å².